The Morgan fingerprint density at radius 2 is 1.87 bits per heavy atom. The SMILES string of the molecule is Cc1ccn([C@@H]2O[C@H](CN3CCC(c4ccc(F)cc4)CC3)[C@@H](O)C2(F)F)c(=O)n1. The topological polar surface area (TPSA) is 67.6 Å². The lowest BCUT2D eigenvalue weighted by Gasteiger charge is -2.34. The number of rotatable bonds is 4. The fourth-order valence-corrected chi connectivity index (χ4v) is 4.23. The minimum absolute atomic E-state index is 0.136. The van der Waals surface area contributed by atoms with Gasteiger partial charge in [0.1, 0.15) is 18.0 Å². The van der Waals surface area contributed by atoms with Crippen LogP contribution in [0.5, 0.6) is 0 Å². The van der Waals surface area contributed by atoms with E-state index < -0.39 is 30.0 Å². The minimum Gasteiger partial charge on any atom is -0.384 e. The molecule has 3 atom stereocenters. The zero-order valence-corrected chi connectivity index (χ0v) is 16.5. The number of halogens is 3. The molecule has 1 N–H and O–H groups in total. The molecule has 0 bridgehead atoms. The molecule has 1 aromatic heterocycles. The van der Waals surface area contributed by atoms with E-state index in [0.29, 0.717) is 18.8 Å². The van der Waals surface area contributed by atoms with Gasteiger partial charge in [0, 0.05) is 18.4 Å². The van der Waals surface area contributed by atoms with Gasteiger partial charge < -0.3 is 14.7 Å². The molecule has 1 aromatic carbocycles. The summed E-state index contributed by atoms with van der Waals surface area (Å²) in [5, 5.41) is 10.2. The molecular formula is C21H24F3N3O3. The fourth-order valence-electron chi connectivity index (χ4n) is 4.23. The molecule has 0 unspecified atom stereocenters. The van der Waals surface area contributed by atoms with E-state index in [4.69, 9.17) is 4.74 Å². The van der Waals surface area contributed by atoms with Gasteiger partial charge in [-0.3, -0.25) is 4.57 Å². The summed E-state index contributed by atoms with van der Waals surface area (Å²) in [7, 11) is 0. The van der Waals surface area contributed by atoms with Crippen molar-refractivity contribution in [1.29, 1.82) is 0 Å². The standard InChI is InChI=1S/C21H24F3N3O3/c1-13-6-11-27(20(29)25-13)19-21(23,24)18(28)17(30-19)12-26-9-7-15(8-10-26)14-2-4-16(22)5-3-14/h2-6,11,15,17-19,28H,7-10,12H2,1H3/t17-,18-,19-/m1/s1. The molecule has 2 saturated heterocycles. The van der Waals surface area contributed by atoms with Crippen molar-refractivity contribution >= 4 is 0 Å². The fraction of sp³-hybridized carbons (Fsp3) is 0.524. The highest BCUT2D eigenvalue weighted by Crippen LogP contribution is 2.42. The Labute approximate surface area is 171 Å². The Kier molecular flexibility index (Phi) is 5.69. The van der Waals surface area contributed by atoms with Crippen molar-refractivity contribution in [2.45, 2.75) is 50.0 Å². The molecule has 30 heavy (non-hydrogen) atoms. The summed E-state index contributed by atoms with van der Waals surface area (Å²) in [6.07, 6.45) is -2.22. The number of ether oxygens (including phenoxy) is 1. The first kappa shape index (κ1) is 21.0. The second-order valence-electron chi connectivity index (χ2n) is 8.03. The van der Waals surface area contributed by atoms with Crippen molar-refractivity contribution in [1.82, 2.24) is 14.5 Å². The van der Waals surface area contributed by atoms with Gasteiger partial charge in [0.2, 0.25) is 6.23 Å². The smallest absolute Gasteiger partial charge is 0.350 e. The number of hydrogen-bond donors (Lipinski definition) is 1. The summed E-state index contributed by atoms with van der Waals surface area (Å²) in [5.74, 6) is -3.61. The molecule has 0 saturated carbocycles. The number of nitrogens with zero attached hydrogens (tertiary/aromatic N) is 3. The first-order chi connectivity index (χ1) is 14.3. The summed E-state index contributed by atoms with van der Waals surface area (Å²) < 4.78 is 48.7. The zero-order chi connectivity index (χ0) is 21.5. The number of aryl methyl sites for hydroxylation is 1. The lowest BCUT2D eigenvalue weighted by atomic mass is 9.89. The summed E-state index contributed by atoms with van der Waals surface area (Å²) in [6.45, 7) is 3.03. The Morgan fingerprint density at radius 3 is 2.50 bits per heavy atom. The molecule has 9 heteroatoms. The first-order valence-corrected chi connectivity index (χ1v) is 10.0. The maximum Gasteiger partial charge on any atom is 0.350 e. The van der Waals surface area contributed by atoms with Gasteiger partial charge in [0.25, 0.3) is 0 Å². The second-order valence-corrected chi connectivity index (χ2v) is 8.03. The average molecular weight is 423 g/mol. The van der Waals surface area contributed by atoms with Crippen LogP contribution in [0.15, 0.2) is 41.3 Å². The maximum atomic E-state index is 14.7. The number of aliphatic hydroxyl groups excluding tert-OH is 1. The normalized spacial score (nSPS) is 27.4. The number of aliphatic hydroxyl groups is 1. The van der Waals surface area contributed by atoms with Crippen molar-refractivity contribution in [3.8, 4) is 0 Å². The third-order valence-electron chi connectivity index (χ3n) is 5.97. The van der Waals surface area contributed by atoms with E-state index in [0.717, 1.165) is 23.0 Å². The number of piperidine rings is 1. The first-order valence-electron chi connectivity index (χ1n) is 10.0. The van der Waals surface area contributed by atoms with E-state index in [-0.39, 0.29) is 18.3 Å². The van der Waals surface area contributed by atoms with Crippen LogP contribution in [0.3, 0.4) is 0 Å². The predicted octanol–water partition coefficient (Wildman–Crippen LogP) is 2.46. The molecule has 0 aliphatic carbocycles. The molecule has 162 valence electrons. The molecule has 2 aliphatic heterocycles. The molecule has 2 aliphatic rings. The summed E-state index contributed by atoms with van der Waals surface area (Å²) >= 11 is 0. The van der Waals surface area contributed by atoms with Crippen LogP contribution in [0.4, 0.5) is 13.2 Å². The number of hydrogen-bond acceptors (Lipinski definition) is 5. The minimum atomic E-state index is -3.61. The van der Waals surface area contributed by atoms with Crippen LogP contribution >= 0.6 is 0 Å². The number of alkyl halides is 2. The Balaban J connectivity index is 1.40. The lowest BCUT2D eigenvalue weighted by Crippen LogP contribution is -2.45. The monoisotopic (exact) mass is 423 g/mol. The summed E-state index contributed by atoms with van der Waals surface area (Å²) in [4.78, 5) is 17.7. The molecular weight excluding hydrogens is 399 g/mol. The van der Waals surface area contributed by atoms with Crippen LogP contribution < -0.4 is 5.69 Å². The maximum absolute atomic E-state index is 14.7. The van der Waals surface area contributed by atoms with E-state index in [1.54, 1.807) is 19.1 Å². The number of aromatic nitrogens is 2. The largest absolute Gasteiger partial charge is 0.384 e. The van der Waals surface area contributed by atoms with Crippen LogP contribution in [0, 0.1) is 12.7 Å². The van der Waals surface area contributed by atoms with Crippen LogP contribution in [0.25, 0.3) is 0 Å². The molecule has 0 radical (unpaired) electrons. The molecule has 3 heterocycles. The highest BCUT2D eigenvalue weighted by Gasteiger charge is 2.59. The van der Waals surface area contributed by atoms with Crippen LogP contribution in [-0.4, -0.2) is 57.3 Å². The third kappa shape index (κ3) is 4.01. The molecule has 4 rings (SSSR count). The summed E-state index contributed by atoms with van der Waals surface area (Å²) in [6, 6.07) is 7.87. The van der Waals surface area contributed by atoms with E-state index in [1.807, 2.05) is 4.90 Å². The summed E-state index contributed by atoms with van der Waals surface area (Å²) in [5.41, 5.74) is 0.636. The van der Waals surface area contributed by atoms with Crippen LogP contribution in [0.2, 0.25) is 0 Å². The zero-order valence-electron chi connectivity index (χ0n) is 16.5. The van der Waals surface area contributed by atoms with Gasteiger partial charge in [0.15, 0.2) is 0 Å². The second kappa shape index (κ2) is 8.13. The molecule has 2 aromatic rings. The highest BCUT2D eigenvalue weighted by molar-refractivity contribution is 5.21. The molecule has 0 spiro atoms. The molecule has 0 amide bonds. The third-order valence-corrected chi connectivity index (χ3v) is 5.97. The van der Waals surface area contributed by atoms with Crippen LogP contribution in [-0.2, 0) is 4.74 Å². The van der Waals surface area contributed by atoms with E-state index in [2.05, 4.69) is 4.98 Å². The van der Waals surface area contributed by atoms with Crippen LogP contribution in [0.1, 0.15) is 36.2 Å². The van der Waals surface area contributed by atoms with E-state index in [1.165, 1.54) is 24.4 Å². The number of benzene rings is 1. The van der Waals surface area contributed by atoms with Crippen molar-refractivity contribution in [2.24, 2.45) is 0 Å². The van der Waals surface area contributed by atoms with Gasteiger partial charge >= 0.3 is 11.6 Å². The van der Waals surface area contributed by atoms with Gasteiger partial charge in [-0.25, -0.2) is 9.18 Å². The average Bonchev–Trinajstić information content (AvgIpc) is 2.93. The van der Waals surface area contributed by atoms with Gasteiger partial charge in [-0.2, -0.15) is 13.8 Å². The quantitative estimate of drug-likeness (QED) is 0.819. The Bertz CT molecular complexity index is 943. The Morgan fingerprint density at radius 1 is 1.20 bits per heavy atom. The van der Waals surface area contributed by atoms with Crippen molar-refractivity contribution < 1.29 is 23.0 Å². The van der Waals surface area contributed by atoms with E-state index in [9.17, 15) is 23.1 Å². The van der Waals surface area contributed by atoms with Crippen molar-refractivity contribution in [3.63, 3.8) is 0 Å². The lowest BCUT2D eigenvalue weighted by molar-refractivity contribution is -0.140. The molecule has 6 nitrogen and oxygen atoms in total. The highest BCUT2D eigenvalue weighted by atomic mass is 19.3. The molecule has 2 fully saturated rings. The number of likely N-dealkylation sites (tertiary alicyclic amines) is 1. The van der Waals surface area contributed by atoms with Gasteiger partial charge in [-0.05, 0) is 62.5 Å². The van der Waals surface area contributed by atoms with E-state index >= 15 is 0 Å². The van der Waals surface area contributed by atoms with Crippen molar-refractivity contribution in [2.75, 3.05) is 19.6 Å². The Hall–Kier alpha value is -2.23. The van der Waals surface area contributed by atoms with Gasteiger partial charge in [-0.15, -0.1) is 0 Å². The van der Waals surface area contributed by atoms with Crippen molar-refractivity contribution in [3.05, 3.63) is 64.1 Å². The van der Waals surface area contributed by atoms with Gasteiger partial charge in [0.05, 0.1) is 0 Å². The predicted molar refractivity (Wildman–Crippen MR) is 103 cm³/mol. The van der Waals surface area contributed by atoms with Gasteiger partial charge in [-0.1, -0.05) is 12.1 Å².